The number of phenols is 1. The number of hydrogen-bond acceptors (Lipinski definition) is 4. The quantitative estimate of drug-likeness (QED) is 0.630. The standard InChI is InChI=1S/C17H14BrN3O3/c1-9-6-12-14(17(24)21(2)15(12)13(18)7-9)19-20-16(23)10-4-3-5-11(22)8-10/h3-8,22,24H,1-2H3. The monoisotopic (exact) mass is 387 g/mol. The first-order chi connectivity index (χ1) is 11.4. The molecule has 0 atom stereocenters. The van der Waals surface area contributed by atoms with Crippen LogP contribution in [0.4, 0.5) is 5.69 Å². The highest BCUT2D eigenvalue weighted by molar-refractivity contribution is 9.10. The number of fused-ring (bicyclic) bond motifs is 1. The second-order valence-electron chi connectivity index (χ2n) is 5.43. The summed E-state index contributed by atoms with van der Waals surface area (Å²) in [6.07, 6.45) is 0. The summed E-state index contributed by atoms with van der Waals surface area (Å²) in [5.74, 6) is -0.707. The van der Waals surface area contributed by atoms with E-state index in [0.717, 1.165) is 15.6 Å². The molecular weight excluding hydrogens is 374 g/mol. The molecule has 0 aliphatic carbocycles. The molecule has 7 heteroatoms. The molecule has 3 rings (SSSR count). The van der Waals surface area contributed by atoms with E-state index in [-0.39, 0.29) is 22.9 Å². The minimum absolute atomic E-state index is 0.0244. The predicted molar refractivity (Wildman–Crippen MR) is 94.0 cm³/mol. The number of carbonyl (C=O) groups excluding carboxylic acids is 1. The van der Waals surface area contributed by atoms with Gasteiger partial charge in [0.2, 0.25) is 5.88 Å². The van der Waals surface area contributed by atoms with Crippen molar-refractivity contribution < 1.29 is 15.0 Å². The van der Waals surface area contributed by atoms with Crippen LogP contribution in [-0.4, -0.2) is 20.7 Å². The first-order valence-electron chi connectivity index (χ1n) is 7.11. The van der Waals surface area contributed by atoms with Crippen LogP contribution in [0, 0.1) is 6.92 Å². The number of benzene rings is 2. The van der Waals surface area contributed by atoms with Crippen LogP contribution in [0.1, 0.15) is 15.9 Å². The molecule has 24 heavy (non-hydrogen) atoms. The molecule has 1 amide bonds. The Balaban J connectivity index is 2.07. The number of phenolic OH excluding ortho intramolecular Hbond substituents is 1. The molecule has 1 heterocycles. The van der Waals surface area contributed by atoms with Gasteiger partial charge in [0.25, 0.3) is 5.91 Å². The van der Waals surface area contributed by atoms with E-state index in [4.69, 9.17) is 0 Å². The van der Waals surface area contributed by atoms with Crippen LogP contribution in [0.15, 0.2) is 51.1 Å². The third-order valence-corrected chi connectivity index (χ3v) is 4.27. The zero-order chi connectivity index (χ0) is 17.4. The third-order valence-electron chi connectivity index (χ3n) is 3.66. The summed E-state index contributed by atoms with van der Waals surface area (Å²) in [6, 6.07) is 9.65. The Morgan fingerprint density at radius 1 is 1.21 bits per heavy atom. The lowest BCUT2D eigenvalue weighted by atomic mass is 10.1. The Labute approximate surface area is 146 Å². The predicted octanol–water partition coefficient (Wildman–Crippen LogP) is 4.58. The maximum Gasteiger partial charge on any atom is 0.295 e. The van der Waals surface area contributed by atoms with Gasteiger partial charge in [-0.25, -0.2) is 0 Å². The van der Waals surface area contributed by atoms with Crippen molar-refractivity contribution in [2.45, 2.75) is 6.92 Å². The molecular formula is C17H14BrN3O3. The molecule has 2 N–H and O–H groups in total. The van der Waals surface area contributed by atoms with Crippen LogP contribution in [-0.2, 0) is 7.05 Å². The average molecular weight is 388 g/mol. The molecule has 0 saturated heterocycles. The fourth-order valence-corrected chi connectivity index (χ4v) is 3.37. The first-order valence-corrected chi connectivity index (χ1v) is 7.90. The highest BCUT2D eigenvalue weighted by atomic mass is 79.9. The molecule has 0 unspecified atom stereocenters. The molecule has 2 aromatic carbocycles. The Morgan fingerprint density at radius 3 is 2.67 bits per heavy atom. The van der Waals surface area contributed by atoms with Crippen molar-refractivity contribution in [3.63, 3.8) is 0 Å². The van der Waals surface area contributed by atoms with Gasteiger partial charge in [0.15, 0.2) is 5.69 Å². The highest BCUT2D eigenvalue weighted by Crippen LogP contribution is 2.41. The zero-order valence-electron chi connectivity index (χ0n) is 13.0. The number of halogens is 1. The van der Waals surface area contributed by atoms with Gasteiger partial charge in [-0.05, 0) is 58.7 Å². The lowest BCUT2D eigenvalue weighted by molar-refractivity contribution is 0.0994. The lowest BCUT2D eigenvalue weighted by Gasteiger charge is -2.01. The second kappa shape index (κ2) is 6.09. The fourth-order valence-electron chi connectivity index (χ4n) is 2.53. The molecule has 0 fully saturated rings. The number of carbonyl (C=O) groups is 1. The molecule has 122 valence electrons. The topological polar surface area (TPSA) is 87.2 Å². The van der Waals surface area contributed by atoms with Crippen LogP contribution < -0.4 is 0 Å². The number of hydrogen-bond donors (Lipinski definition) is 2. The van der Waals surface area contributed by atoms with Crippen molar-refractivity contribution in [1.82, 2.24) is 4.57 Å². The molecule has 0 radical (unpaired) electrons. The summed E-state index contributed by atoms with van der Waals surface area (Å²) in [5, 5.41) is 28.0. The van der Waals surface area contributed by atoms with Crippen LogP contribution in [0.5, 0.6) is 11.6 Å². The summed E-state index contributed by atoms with van der Waals surface area (Å²) in [5.41, 5.74) is 2.19. The van der Waals surface area contributed by atoms with E-state index in [9.17, 15) is 15.0 Å². The number of nitrogens with zero attached hydrogens (tertiary/aromatic N) is 3. The minimum atomic E-state index is -0.603. The zero-order valence-corrected chi connectivity index (χ0v) is 14.6. The molecule has 3 aromatic rings. The van der Waals surface area contributed by atoms with Crippen molar-refractivity contribution in [2.75, 3.05) is 0 Å². The largest absolute Gasteiger partial charge is 0.508 e. The van der Waals surface area contributed by atoms with Gasteiger partial charge in [-0.2, -0.15) is 0 Å². The van der Waals surface area contributed by atoms with Gasteiger partial charge in [-0.1, -0.05) is 6.07 Å². The average Bonchev–Trinajstić information content (AvgIpc) is 2.76. The molecule has 0 aliphatic heterocycles. The van der Waals surface area contributed by atoms with E-state index in [1.165, 1.54) is 18.2 Å². The Bertz CT molecular complexity index is 992. The minimum Gasteiger partial charge on any atom is -0.508 e. The van der Waals surface area contributed by atoms with Crippen molar-refractivity contribution in [2.24, 2.45) is 17.3 Å². The SMILES string of the molecule is Cc1cc(Br)c2c(c1)c(N=NC(=O)c1cccc(O)c1)c(O)n2C. The first kappa shape index (κ1) is 16.2. The van der Waals surface area contributed by atoms with Crippen molar-refractivity contribution in [1.29, 1.82) is 0 Å². The Morgan fingerprint density at radius 2 is 1.96 bits per heavy atom. The lowest BCUT2D eigenvalue weighted by Crippen LogP contribution is -1.92. The second-order valence-corrected chi connectivity index (χ2v) is 6.28. The van der Waals surface area contributed by atoms with Gasteiger partial charge in [-0.15, -0.1) is 10.2 Å². The van der Waals surface area contributed by atoms with E-state index in [1.54, 1.807) is 17.7 Å². The van der Waals surface area contributed by atoms with Crippen LogP contribution in [0.3, 0.4) is 0 Å². The summed E-state index contributed by atoms with van der Waals surface area (Å²) in [7, 11) is 1.70. The van der Waals surface area contributed by atoms with Gasteiger partial charge in [-0.3, -0.25) is 4.79 Å². The van der Waals surface area contributed by atoms with E-state index in [0.29, 0.717) is 5.39 Å². The van der Waals surface area contributed by atoms with E-state index >= 15 is 0 Å². The van der Waals surface area contributed by atoms with E-state index in [1.807, 2.05) is 19.1 Å². The number of rotatable bonds is 2. The number of aromatic nitrogens is 1. The molecule has 0 bridgehead atoms. The Kier molecular flexibility index (Phi) is 4.11. The maximum absolute atomic E-state index is 12.1. The number of aromatic hydroxyl groups is 2. The maximum atomic E-state index is 12.1. The molecule has 6 nitrogen and oxygen atoms in total. The molecule has 0 aliphatic rings. The highest BCUT2D eigenvalue weighted by Gasteiger charge is 2.17. The van der Waals surface area contributed by atoms with Crippen LogP contribution >= 0.6 is 15.9 Å². The van der Waals surface area contributed by atoms with E-state index < -0.39 is 5.91 Å². The van der Waals surface area contributed by atoms with Crippen LogP contribution in [0.2, 0.25) is 0 Å². The van der Waals surface area contributed by atoms with Gasteiger partial charge in [0, 0.05) is 22.5 Å². The van der Waals surface area contributed by atoms with Gasteiger partial charge in [0.05, 0.1) is 5.52 Å². The normalized spacial score (nSPS) is 11.5. The molecule has 0 saturated carbocycles. The van der Waals surface area contributed by atoms with Gasteiger partial charge < -0.3 is 14.8 Å². The number of aryl methyl sites for hydroxylation is 2. The van der Waals surface area contributed by atoms with Gasteiger partial charge >= 0.3 is 0 Å². The molecule has 0 spiro atoms. The summed E-state index contributed by atoms with van der Waals surface area (Å²) in [6.45, 7) is 1.92. The summed E-state index contributed by atoms with van der Waals surface area (Å²) >= 11 is 3.47. The van der Waals surface area contributed by atoms with Crippen molar-refractivity contribution in [3.05, 3.63) is 52.0 Å². The third kappa shape index (κ3) is 2.78. The fraction of sp³-hybridized carbons (Fsp3) is 0.118. The summed E-state index contributed by atoms with van der Waals surface area (Å²) < 4.78 is 2.39. The van der Waals surface area contributed by atoms with Gasteiger partial charge in [0.1, 0.15) is 5.75 Å². The van der Waals surface area contributed by atoms with Crippen LogP contribution in [0.25, 0.3) is 10.9 Å². The van der Waals surface area contributed by atoms with E-state index in [2.05, 4.69) is 26.2 Å². The molecule has 1 aromatic heterocycles. The number of amides is 1. The smallest absolute Gasteiger partial charge is 0.295 e. The van der Waals surface area contributed by atoms with Crippen molar-refractivity contribution in [3.8, 4) is 11.6 Å². The number of azo groups is 1. The summed E-state index contributed by atoms with van der Waals surface area (Å²) in [4.78, 5) is 12.1. The van der Waals surface area contributed by atoms with Crippen molar-refractivity contribution >= 4 is 38.4 Å². The Hall–Kier alpha value is -2.67.